The minimum atomic E-state index is -0.144. The summed E-state index contributed by atoms with van der Waals surface area (Å²) in [6, 6.07) is 8.46. The molecule has 3 rings (SSSR count). The first-order chi connectivity index (χ1) is 12.5. The van der Waals surface area contributed by atoms with Gasteiger partial charge in [-0.05, 0) is 36.5 Å². The topological polar surface area (TPSA) is 44.7 Å². The number of hydrogen-bond donors (Lipinski definition) is 1. The SMILES string of the molecule is Br.CC(C)c1ccc(NC(=O)C2CSC(=NC3CCCCCC3)N2C)cc1. The number of anilines is 1. The van der Waals surface area contributed by atoms with Crippen LogP contribution in [0.25, 0.3) is 0 Å². The molecule has 1 aliphatic heterocycles. The number of hydrogen-bond acceptors (Lipinski definition) is 3. The monoisotopic (exact) mass is 453 g/mol. The van der Waals surface area contributed by atoms with Crippen LogP contribution in [0, 0.1) is 0 Å². The number of thioether (sulfide) groups is 1. The molecule has 2 aliphatic rings. The number of amides is 1. The average molecular weight is 454 g/mol. The summed E-state index contributed by atoms with van der Waals surface area (Å²) >= 11 is 1.72. The van der Waals surface area contributed by atoms with Crippen LogP contribution < -0.4 is 5.32 Å². The lowest BCUT2D eigenvalue weighted by Gasteiger charge is -2.21. The van der Waals surface area contributed by atoms with Crippen LogP contribution in [0.4, 0.5) is 5.69 Å². The van der Waals surface area contributed by atoms with Gasteiger partial charge in [-0.1, -0.05) is 63.4 Å². The first-order valence-electron chi connectivity index (χ1n) is 9.89. The molecule has 1 unspecified atom stereocenters. The highest BCUT2D eigenvalue weighted by Gasteiger charge is 2.33. The van der Waals surface area contributed by atoms with Crippen molar-refractivity contribution in [2.75, 3.05) is 18.1 Å². The second-order valence-electron chi connectivity index (χ2n) is 7.76. The normalized spacial score (nSPS) is 22.6. The highest BCUT2D eigenvalue weighted by atomic mass is 79.9. The van der Waals surface area contributed by atoms with E-state index in [1.165, 1.54) is 44.1 Å². The van der Waals surface area contributed by atoms with Gasteiger partial charge in [-0.3, -0.25) is 9.79 Å². The fourth-order valence-electron chi connectivity index (χ4n) is 3.60. The van der Waals surface area contributed by atoms with Crippen molar-refractivity contribution in [1.82, 2.24) is 4.90 Å². The van der Waals surface area contributed by atoms with Gasteiger partial charge in [-0.25, -0.2) is 0 Å². The van der Waals surface area contributed by atoms with E-state index in [9.17, 15) is 4.79 Å². The predicted octanol–water partition coefficient (Wildman–Crippen LogP) is 5.45. The lowest BCUT2D eigenvalue weighted by Crippen LogP contribution is -2.40. The maximum atomic E-state index is 12.7. The maximum Gasteiger partial charge on any atom is 0.248 e. The van der Waals surface area contributed by atoms with E-state index >= 15 is 0 Å². The number of amidine groups is 1. The molecular formula is C21H32BrN3OS. The second-order valence-corrected chi connectivity index (χ2v) is 8.75. The van der Waals surface area contributed by atoms with Crippen molar-refractivity contribution in [1.29, 1.82) is 0 Å². The molecule has 1 aromatic carbocycles. The van der Waals surface area contributed by atoms with Crippen LogP contribution in [0.2, 0.25) is 0 Å². The number of carbonyl (C=O) groups excluding carboxylic acids is 1. The molecule has 1 saturated heterocycles. The van der Waals surface area contributed by atoms with Gasteiger partial charge in [0.25, 0.3) is 0 Å². The van der Waals surface area contributed by atoms with Crippen LogP contribution in [-0.2, 0) is 4.79 Å². The molecule has 0 bridgehead atoms. The Labute approximate surface area is 178 Å². The molecule has 27 heavy (non-hydrogen) atoms. The van der Waals surface area contributed by atoms with Crippen LogP contribution in [0.5, 0.6) is 0 Å². The molecule has 1 saturated carbocycles. The summed E-state index contributed by atoms with van der Waals surface area (Å²) in [6.45, 7) is 4.35. The van der Waals surface area contributed by atoms with Crippen molar-refractivity contribution < 1.29 is 4.79 Å². The molecule has 1 N–H and O–H groups in total. The van der Waals surface area contributed by atoms with Crippen molar-refractivity contribution >= 4 is 45.5 Å². The number of rotatable bonds is 4. The van der Waals surface area contributed by atoms with Gasteiger partial charge in [-0.2, -0.15) is 0 Å². The Hall–Kier alpha value is -1.01. The Morgan fingerprint density at radius 1 is 1.15 bits per heavy atom. The number of halogens is 1. The Kier molecular flexibility index (Phi) is 8.67. The quantitative estimate of drug-likeness (QED) is 0.615. The van der Waals surface area contributed by atoms with Gasteiger partial charge in [0.15, 0.2) is 5.17 Å². The fourth-order valence-corrected chi connectivity index (χ4v) is 4.84. The summed E-state index contributed by atoms with van der Waals surface area (Å²) in [5, 5.41) is 4.10. The van der Waals surface area contributed by atoms with Crippen LogP contribution in [0.3, 0.4) is 0 Å². The molecule has 1 amide bonds. The lowest BCUT2D eigenvalue weighted by atomic mass is 10.0. The van der Waals surface area contributed by atoms with E-state index in [0.29, 0.717) is 12.0 Å². The zero-order valence-electron chi connectivity index (χ0n) is 16.6. The Morgan fingerprint density at radius 3 is 2.37 bits per heavy atom. The summed E-state index contributed by atoms with van der Waals surface area (Å²) in [4.78, 5) is 19.8. The summed E-state index contributed by atoms with van der Waals surface area (Å²) in [7, 11) is 2.00. The molecule has 4 nitrogen and oxygen atoms in total. The number of aliphatic imine (C=N–C) groups is 1. The minimum Gasteiger partial charge on any atom is -0.342 e. The van der Waals surface area contributed by atoms with Gasteiger partial charge in [-0.15, -0.1) is 17.0 Å². The van der Waals surface area contributed by atoms with Gasteiger partial charge < -0.3 is 10.2 Å². The number of nitrogens with zero attached hydrogens (tertiary/aromatic N) is 2. The van der Waals surface area contributed by atoms with Crippen molar-refractivity contribution in [2.24, 2.45) is 4.99 Å². The fraction of sp³-hybridized carbons (Fsp3) is 0.619. The molecule has 150 valence electrons. The summed E-state index contributed by atoms with van der Waals surface area (Å²) in [5.74, 6) is 1.33. The molecule has 0 aromatic heterocycles. The van der Waals surface area contributed by atoms with Crippen LogP contribution >= 0.6 is 28.7 Å². The van der Waals surface area contributed by atoms with E-state index in [2.05, 4.69) is 36.2 Å². The van der Waals surface area contributed by atoms with E-state index in [-0.39, 0.29) is 28.9 Å². The summed E-state index contributed by atoms with van der Waals surface area (Å²) < 4.78 is 0. The molecule has 0 spiro atoms. The Bertz CT molecular complexity index is 639. The lowest BCUT2D eigenvalue weighted by molar-refractivity contribution is -0.118. The van der Waals surface area contributed by atoms with Gasteiger partial charge in [0.1, 0.15) is 6.04 Å². The van der Waals surface area contributed by atoms with Crippen LogP contribution in [0.1, 0.15) is 63.9 Å². The van der Waals surface area contributed by atoms with Crippen molar-refractivity contribution in [2.45, 2.75) is 70.4 Å². The van der Waals surface area contributed by atoms with Gasteiger partial charge in [0.2, 0.25) is 5.91 Å². The molecule has 6 heteroatoms. The first kappa shape index (κ1) is 22.3. The standard InChI is InChI=1S/C21H31N3OS.BrH/c1-15(2)16-10-12-18(13-11-16)22-20(25)19-14-26-21(24(19)3)23-17-8-6-4-5-7-9-17;/h10-13,15,17,19H,4-9,14H2,1-3H3,(H,22,25);1H. The molecular weight excluding hydrogens is 422 g/mol. The summed E-state index contributed by atoms with van der Waals surface area (Å²) in [5.41, 5.74) is 2.15. The largest absolute Gasteiger partial charge is 0.342 e. The minimum absolute atomic E-state index is 0. The van der Waals surface area contributed by atoms with Gasteiger partial charge in [0.05, 0.1) is 6.04 Å². The van der Waals surface area contributed by atoms with Gasteiger partial charge >= 0.3 is 0 Å². The molecule has 1 heterocycles. The Morgan fingerprint density at radius 2 is 1.78 bits per heavy atom. The maximum absolute atomic E-state index is 12.7. The zero-order valence-corrected chi connectivity index (χ0v) is 19.1. The highest BCUT2D eigenvalue weighted by molar-refractivity contribution is 8.93. The zero-order chi connectivity index (χ0) is 18.5. The van der Waals surface area contributed by atoms with Crippen LogP contribution in [0.15, 0.2) is 29.3 Å². The third-order valence-corrected chi connectivity index (χ3v) is 6.54. The van der Waals surface area contributed by atoms with E-state index < -0.39 is 0 Å². The predicted molar refractivity (Wildman–Crippen MR) is 122 cm³/mol. The van der Waals surface area contributed by atoms with Crippen LogP contribution in [-0.4, -0.2) is 40.9 Å². The van der Waals surface area contributed by atoms with Gasteiger partial charge in [0, 0.05) is 18.5 Å². The molecule has 1 atom stereocenters. The molecule has 0 radical (unpaired) electrons. The molecule has 1 aromatic rings. The molecule has 2 fully saturated rings. The van der Waals surface area contributed by atoms with E-state index in [0.717, 1.165) is 16.6 Å². The molecule has 1 aliphatic carbocycles. The first-order valence-corrected chi connectivity index (χ1v) is 10.9. The average Bonchev–Trinajstić information content (AvgIpc) is 2.82. The third-order valence-electron chi connectivity index (χ3n) is 5.40. The highest BCUT2D eigenvalue weighted by Crippen LogP contribution is 2.27. The smallest absolute Gasteiger partial charge is 0.248 e. The second kappa shape index (κ2) is 10.5. The van der Waals surface area contributed by atoms with Crippen molar-refractivity contribution in [3.63, 3.8) is 0 Å². The van der Waals surface area contributed by atoms with E-state index in [1.54, 1.807) is 11.8 Å². The number of benzene rings is 1. The Balaban J connectivity index is 0.00000261. The number of likely N-dealkylation sites (N-methyl/N-ethyl adjacent to an activating group) is 1. The van der Waals surface area contributed by atoms with Crippen molar-refractivity contribution in [3.05, 3.63) is 29.8 Å². The van der Waals surface area contributed by atoms with E-state index in [4.69, 9.17) is 4.99 Å². The number of carbonyl (C=O) groups is 1. The number of nitrogens with one attached hydrogen (secondary N) is 1. The summed E-state index contributed by atoms with van der Waals surface area (Å²) in [6.07, 6.45) is 7.63. The third kappa shape index (κ3) is 5.98. The van der Waals surface area contributed by atoms with Crippen molar-refractivity contribution in [3.8, 4) is 0 Å². The van der Waals surface area contributed by atoms with E-state index in [1.807, 2.05) is 19.2 Å².